The van der Waals surface area contributed by atoms with Gasteiger partial charge < -0.3 is 0 Å². The molecule has 0 aromatic heterocycles. The molecule has 0 aliphatic carbocycles. The van der Waals surface area contributed by atoms with Gasteiger partial charge in [0.2, 0.25) is 0 Å². The normalized spacial score (nSPS) is 11.9. The van der Waals surface area contributed by atoms with Crippen molar-refractivity contribution in [2.24, 2.45) is 0 Å². The van der Waals surface area contributed by atoms with Gasteiger partial charge in [0.1, 0.15) is 0 Å². The van der Waals surface area contributed by atoms with E-state index in [2.05, 4.69) is 46.8 Å². The van der Waals surface area contributed by atoms with Gasteiger partial charge in [-0.3, -0.25) is 0 Å². The number of benzene rings is 1. The standard InChI is InChI=1S/C14H21Cl/c1-6-7-14(4,5)13-10(2)8-12(15)9-11(13)3/h8-9H,6-7H2,1-5H3. The molecule has 0 heterocycles. The van der Waals surface area contributed by atoms with Gasteiger partial charge in [-0.1, -0.05) is 38.8 Å². The van der Waals surface area contributed by atoms with Gasteiger partial charge in [-0.05, 0) is 54.5 Å². The van der Waals surface area contributed by atoms with Crippen LogP contribution in [0.25, 0.3) is 0 Å². The van der Waals surface area contributed by atoms with E-state index >= 15 is 0 Å². The van der Waals surface area contributed by atoms with E-state index in [1.807, 2.05) is 0 Å². The second-order valence-electron chi connectivity index (χ2n) is 5.05. The molecule has 0 nitrogen and oxygen atoms in total. The SMILES string of the molecule is CCCC(C)(C)c1c(C)cc(Cl)cc1C. The first-order valence-electron chi connectivity index (χ1n) is 5.65. The zero-order valence-electron chi connectivity index (χ0n) is 10.4. The molecule has 0 amide bonds. The van der Waals surface area contributed by atoms with E-state index in [9.17, 15) is 0 Å². The van der Waals surface area contributed by atoms with Crippen LogP contribution in [0.15, 0.2) is 12.1 Å². The summed E-state index contributed by atoms with van der Waals surface area (Å²) >= 11 is 6.05. The monoisotopic (exact) mass is 224 g/mol. The summed E-state index contributed by atoms with van der Waals surface area (Å²) in [6, 6.07) is 4.14. The lowest BCUT2D eigenvalue weighted by Gasteiger charge is -2.29. The van der Waals surface area contributed by atoms with Crippen LogP contribution in [0.2, 0.25) is 5.02 Å². The van der Waals surface area contributed by atoms with Gasteiger partial charge in [-0.2, -0.15) is 0 Å². The lowest BCUT2D eigenvalue weighted by atomic mass is 9.76. The van der Waals surface area contributed by atoms with E-state index in [1.165, 1.54) is 29.5 Å². The molecule has 0 spiro atoms. The van der Waals surface area contributed by atoms with Gasteiger partial charge in [0.15, 0.2) is 0 Å². The van der Waals surface area contributed by atoms with Crippen molar-refractivity contribution in [3.05, 3.63) is 33.8 Å². The number of hydrogen-bond donors (Lipinski definition) is 0. The second-order valence-corrected chi connectivity index (χ2v) is 5.48. The molecule has 0 saturated heterocycles. The molecule has 0 radical (unpaired) electrons. The van der Waals surface area contributed by atoms with Crippen molar-refractivity contribution in [3.8, 4) is 0 Å². The largest absolute Gasteiger partial charge is 0.0843 e. The van der Waals surface area contributed by atoms with E-state index in [0.29, 0.717) is 0 Å². The molecule has 0 aliphatic rings. The Labute approximate surface area is 98.7 Å². The summed E-state index contributed by atoms with van der Waals surface area (Å²) < 4.78 is 0. The highest BCUT2D eigenvalue weighted by atomic mass is 35.5. The van der Waals surface area contributed by atoms with Crippen LogP contribution in [-0.2, 0) is 5.41 Å². The first-order chi connectivity index (χ1) is 6.88. The summed E-state index contributed by atoms with van der Waals surface area (Å²) in [4.78, 5) is 0. The smallest absolute Gasteiger partial charge is 0.0411 e. The Kier molecular flexibility index (Phi) is 3.83. The first-order valence-corrected chi connectivity index (χ1v) is 6.03. The topological polar surface area (TPSA) is 0 Å². The third kappa shape index (κ3) is 2.75. The Morgan fingerprint density at radius 2 is 1.60 bits per heavy atom. The molecule has 84 valence electrons. The third-order valence-corrected chi connectivity index (χ3v) is 3.27. The molecular weight excluding hydrogens is 204 g/mol. The third-order valence-electron chi connectivity index (χ3n) is 3.05. The van der Waals surface area contributed by atoms with Crippen LogP contribution in [0.4, 0.5) is 0 Å². The van der Waals surface area contributed by atoms with Crippen LogP contribution in [0.1, 0.15) is 50.3 Å². The van der Waals surface area contributed by atoms with Gasteiger partial charge in [0, 0.05) is 5.02 Å². The van der Waals surface area contributed by atoms with E-state index in [0.717, 1.165) is 5.02 Å². The van der Waals surface area contributed by atoms with Gasteiger partial charge in [-0.25, -0.2) is 0 Å². The average molecular weight is 225 g/mol. The van der Waals surface area contributed by atoms with Crippen molar-refractivity contribution in [3.63, 3.8) is 0 Å². The fraction of sp³-hybridized carbons (Fsp3) is 0.571. The molecule has 0 fully saturated rings. The van der Waals surface area contributed by atoms with Crippen molar-refractivity contribution < 1.29 is 0 Å². The Balaban J connectivity index is 3.24. The summed E-state index contributed by atoms with van der Waals surface area (Å²) in [7, 11) is 0. The number of hydrogen-bond acceptors (Lipinski definition) is 0. The van der Waals surface area contributed by atoms with Crippen molar-refractivity contribution in [1.82, 2.24) is 0 Å². The molecule has 0 aliphatic heterocycles. The number of halogens is 1. The second kappa shape index (κ2) is 4.57. The van der Waals surface area contributed by atoms with Crippen molar-refractivity contribution in [2.75, 3.05) is 0 Å². The van der Waals surface area contributed by atoms with Gasteiger partial charge in [0.25, 0.3) is 0 Å². The molecule has 1 aromatic rings. The Hall–Kier alpha value is -0.490. The van der Waals surface area contributed by atoms with Crippen molar-refractivity contribution in [2.45, 2.75) is 52.9 Å². The predicted octanol–water partition coefficient (Wildman–Crippen LogP) is 5.03. The minimum Gasteiger partial charge on any atom is -0.0843 e. The first kappa shape index (κ1) is 12.6. The Morgan fingerprint density at radius 1 is 1.13 bits per heavy atom. The Morgan fingerprint density at radius 3 is 2.00 bits per heavy atom. The van der Waals surface area contributed by atoms with Crippen LogP contribution in [-0.4, -0.2) is 0 Å². The molecule has 1 heteroatoms. The van der Waals surface area contributed by atoms with Gasteiger partial charge >= 0.3 is 0 Å². The summed E-state index contributed by atoms with van der Waals surface area (Å²) in [6.45, 7) is 11.2. The van der Waals surface area contributed by atoms with Crippen LogP contribution in [0.5, 0.6) is 0 Å². The summed E-state index contributed by atoms with van der Waals surface area (Å²) in [5, 5.41) is 0.848. The van der Waals surface area contributed by atoms with Crippen LogP contribution in [0, 0.1) is 13.8 Å². The highest BCUT2D eigenvalue weighted by Gasteiger charge is 2.23. The van der Waals surface area contributed by atoms with Crippen molar-refractivity contribution in [1.29, 1.82) is 0 Å². The predicted molar refractivity (Wildman–Crippen MR) is 68.9 cm³/mol. The summed E-state index contributed by atoms with van der Waals surface area (Å²) in [5.74, 6) is 0. The van der Waals surface area contributed by atoms with E-state index < -0.39 is 0 Å². The lowest BCUT2D eigenvalue weighted by molar-refractivity contribution is 0.468. The van der Waals surface area contributed by atoms with E-state index in [-0.39, 0.29) is 5.41 Å². The fourth-order valence-corrected chi connectivity index (χ4v) is 3.06. The minimum absolute atomic E-state index is 0.257. The van der Waals surface area contributed by atoms with Crippen LogP contribution in [0.3, 0.4) is 0 Å². The van der Waals surface area contributed by atoms with E-state index in [1.54, 1.807) is 0 Å². The molecule has 0 bridgehead atoms. The number of rotatable bonds is 3. The van der Waals surface area contributed by atoms with Crippen molar-refractivity contribution >= 4 is 11.6 Å². The highest BCUT2D eigenvalue weighted by Crippen LogP contribution is 2.34. The van der Waals surface area contributed by atoms with Crippen LogP contribution < -0.4 is 0 Å². The molecule has 0 atom stereocenters. The number of aryl methyl sites for hydroxylation is 2. The zero-order valence-corrected chi connectivity index (χ0v) is 11.2. The van der Waals surface area contributed by atoms with Gasteiger partial charge in [-0.15, -0.1) is 0 Å². The lowest BCUT2D eigenvalue weighted by Crippen LogP contribution is -2.19. The molecule has 15 heavy (non-hydrogen) atoms. The average Bonchev–Trinajstić information content (AvgIpc) is 1.99. The quantitative estimate of drug-likeness (QED) is 0.675. The minimum atomic E-state index is 0.257. The van der Waals surface area contributed by atoms with Crippen LogP contribution >= 0.6 is 11.6 Å². The summed E-state index contributed by atoms with van der Waals surface area (Å²) in [5.41, 5.74) is 4.36. The fourth-order valence-electron chi connectivity index (χ4n) is 2.73. The molecule has 0 saturated carbocycles. The maximum absolute atomic E-state index is 6.05. The molecule has 1 aromatic carbocycles. The maximum Gasteiger partial charge on any atom is 0.0411 e. The molecule has 1 rings (SSSR count). The zero-order chi connectivity index (χ0) is 11.6. The summed E-state index contributed by atoms with van der Waals surface area (Å²) in [6.07, 6.45) is 2.44. The maximum atomic E-state index is 6.05. The molecule has 0 unspecified atom stereocenters. The van der Waals surface area contributed by atoms with E-state index in [4.69, 9.17) is 11.6 Å². The molecule has 0 N–H and O–H groups in total. The van der Waals surface area contributed by atoms with Gasteiger partial charge in [0.05, 0.1) is 0 Å². The Bertz CT molecular complexity index is 327. The highest BCUT2D eigenvalue weighted by molar-refractivity contribution is 6.30. The molecular formula is C14H21Cl.